The van der Waals surface area contributed by atoms with E-state index in [4.69, 9.17) is 4.74 Å². The molecule has 148 valence electrons. The predicted octanol–water partition coefficient (Wildman–Crippen LogP) is 2.34. The van der Waals surface area contributed by atoms with Crippen LogP contribution in [0.3, 0.4) is 0 Å². The van der Waals surface area contributed by atoms with Gasteiger partial charge >= 0.3 is 12.1 Å². The number of amides is 3. The number of piperidine rings is 1. The number of carbonyl (C=O) groups is 2. The molecule has 0 spiro atoms. The molecule has 27 heavy (non-hydrogen) atoms. The van der Waals surface area contributed by atoms with Gasteiger partial charge < -0.3 is 19.9 Å². The third kappa shape index (κ3) is 3.78. The second kappa shape index (κ2) is 7.67. The van der Waals surface area contributed by atoms with Crippen molar-refractivity contribution in [2.75, 3.05) is 26.2 Å². The largest absolute Gasteiger partial charge is 0.442 e. The Bertz CT molecular complexity index is 673. The normalized spacial score (nSPS) is 26.6. The van der Waals surface area contributed by atoms with Gasteiger partial charge in [0, 0.05) is 38.3 Å². The Morgan fingerprint density at radius 2 is 2.11 bits per heavy atom. The van der Waals surface area contributed by atoms with Gasteiger partial charge in [-0.1, -0.05) is 0 Å². The minimum absolute atomic E-state index is 0.0139. The first-order valence-corrected chi connectivity index (χ1v) is 10.7. The standard InChI is InChI=1S/C19H28N4O3S/c1-13(2)21-6-3-15(4-7-21)23-16-10-22(11-17(16)26-19(23)25)18(24)20-9-14-5-8-27-12-14/h5,8,12-13,15-17H,3-4,6-7,9-11H2,1-2H3,(H,20,24)/t16-,17+/m1/s1. The summed E-state index contributed by atoms with van der Waals surface area (Å²) in [6.07, 6.45) is 1.54. The van der Waals surface area contributed by atoms with Crippen LogP contribution in [0.1, 0.15) is 32.3 Å². The molecule has 4 rings (SSSR count). The van der Waals surface area contributed by atoms with Gasteiger partial charge in [0.25, 0.3) is 0 Å². The van der Waals surface area contributed by atoms with Crippen LogP contribution in [0.5, 0.6) is 0 Å². The molecule has 0 bridgehead atoms. The van der Waals surface area contributed by atoms with Crippen molar-refractivity contribution in [2.24, 2.45) is 0 Å². The molecule has 1 aromatic rings. The summed E-state index contributed by atoms with van der Waals surface area (Å²) in [4.78, 5) is 31.1. The minimum Gasteiger partial charge on any atom is -0.442 e. The molecule has 8 heteroatoms. The van der Waals surface area contributed by atoms with Crippen LogP contribution in [0.25, 0.3) is 0 Å². The molecule has 0 saturated carbocycles. The van der Waals surface area contributed by atoms with Gasteiger partial charge in [-0.15, -0.1) is 0 Å². The lowest BCUT2D eigenvalue weighted by Gasteiger charge is -2.39. The van der Waals surface area contributed by atoms with Crippen molar-refractivity contribution in [1.82, 2.24) is 20.0 Å². The maximum atomic E-state index is 12.5. The molecule has 3 aliphatic heterocycles. The first-order valence-electron chi connectivity index (χ1n) is 9.80. The van der Waals surface area contributed by atoms with E-state index in [0.29, 0.717) is 25.7 Å². The second-order valence-electron chi connectivity index (χ2n) is 7.95. The number of rotatable bonds is 4. The van der Waals surface area contributed by atoms with Crippen molar-refractivity contribution in [3.05, 3.63) is 22.4 Å². The summed E-state index contributed by atoms with van der Waals surface area (Å²) in [6.45, 7) is 8.01. The van der Waals surface area contributed by atoms with Crippen LogP contribution in [-0.2, 0) is 11.3 Å². The van der Waals surface area contributed by atoms with E-state index in [1.807, 2.05) is 21.7 Å². The third-order valence-corrected chi connectivity index (χ3v) is 6.72. The molecule has 0 radical (unpaired) electrons. The summed E-state index contributed by atoms with van der Waals surface area (Å²) in [5, 5.41) is 7.01. The van der Waals surface area contributed by atoms with Gasteiger partial charge in [-0.2, -0.15) is 11.3 Å². The Kier molecular flexibility index (Phi) is 5.27. The molecule has 3 fully saturated rings. The van der Waals surface area contributed by atoms with E-state index < -0.39 is 0 Å². The van der Waals surface area contributed by atoms with Crippen molar-refractivity contribution >= 4 is 23.5 Å². The lowest BCUT2D eigenvalue weighted by molar-refractivity contribution is 0.0877. The predicted molar refractivity (Wildman–Crippen MR) is 104 cm³/mol. The number of nitrogens with zero attached hydrogens (tertiary/aromatic N) is 3. The zero-order valence-electron chi connectivity index (χ0n) is 16.0. The van der Waals surface area contributed by atoms with Crippen molar-refractivity contribution in [3.63, 3.8) is 0 Å². The number of carbonyl (C=O) groups excluding carboxylic acids is 2. The van der Waals surface area contributed by atoms with Gasteiger partial charge in [0.2, 0.25) is 0 Å². The van der Waals surface area contributed by atoms with E-state index in [1.165, 1.54) is 0 Å². The molecule has 3 amide bonds. The van der Waals surface area contributed by atoms with E-state index in [2.05, 4.69) is 24.1 Å². The Morgan fingerprint density at radius 1 is 1.33 bits per heavy atom. The van der Waals surface area contributed by atoms with Gasteiger partial charge in [-0.25, -0.2) is 9.59 Å². The smallest absolute Gasteiger partial charge is 0.410 e. The topological polar surface area (TPSA) is 65.1 Å². The van der Waals surface area contributed by atoms with Gasteiger partial charge in [0.15, 0.2) is 0 Å². The van der Waals surface area contributed by atoms with E-state index in [9.17, 15) is 9.59 Å². The summed E-state index contributed by atoms with van der Waals surface area (Å²) < 4.78 is 5.61. The van der Waals surface area contributed by atoms with Crippen LogP contribution in [-0.4, -0.2) is 77.2 Å². The van der Waals surface area contributed by atoms with E-state index in [0.717, 1.165) is 31.5 Å². The van der Waals surface area contributed by atoms with Crippen LogP contribution in [0, 0.1) is 0 Å². The Hall–Kier alpha value is -1.80. The number of fused-ring (bicyclic) bond motifs is 1. The number of thiophene rings is 1. The summed E-state index contributed by atoms with van der Waals surface area (Å²) in [5.74, 6) is 0. The van der Waals surface area contributed by atoms with Crippen molar-refractivity contribution in [2.45, 2.75) is 57.5 Å². The summed E-state index contributed by atoms with van der Waals surface area (Å²) in [6, 6.07) is 2.67. The number of hydrogen-bond acceptors (Lipinski definition) is 5. The number of likely N-dealkylation sites (tertiary alicyclic amines) is 2. The number of nitrogens with one attached hydrogen (secondary N) is 1. The Labute approximate surface area is 164 Å². The molecule has 3 saturated heterocycles. The fraction of sp³-hybridized carbons (Fsp3) is 0.684. The summed E-state index contributed by atoms with van der Waals surface area (Å²) in [7, 11) is 0. The van der Waals surface area contributed by atoms with Crippen molar-refractivity contribution in [3.8, 4) is 0 Å². The van der Waals surface area contributed by atoms with E-state index >= 15 is 0 Å². The highest BCUT2D eigenvalue weighted by Crippen LogP contribution is 2.32. The van der Waals surface area contributed by atoms with Gasteiger partial charge in [-0.05, 0) is 49.1 Å². The maximum Gasteiger partial charge on any atom is 0.410 e. The average Bonchev–Trinajstić information content (AvgIpc) is 3.36. The van der Waals surface area contributed by atoms with Crippen molar-refractivity contribution in [1.29, 1.82) is 0 Å². The van der Waals surface area contributed by atoms with Crippen LogP contribution >= 0.6 is 11.3 Å². The first kappa shape index (κ1) is 18.6. The minimum atomic E-state index is -0.202. The molecule has 0 unspecified atom stereocenters. The van der Waals surface area contributed by atoms with Gasteiger partial charge in [0.1, 0.15) is 6.10 Å². The van der Waals surface area contributed by atoms with Crippen LogP contribution in [0.15, 0.2) is 16.8 Å². The SMILES string of the molecule is CC(C)N1CCC(N2C(=O)O[C@H]3CN(C(=O)NCc4ccsc4)C[C@H]32)CC1. The fourth-order valence-corrected chi connectivity index (χ4v) is 5.08. The zero-order valence-corrected chi connectivity index (χ0v) is 16.8. The molecular formula is C19H28N4O3S. The van der Waals surface area contributed by atoms with Crippen LogP contribution in [0.2, 0.25) is 0 Å². The Balaban J connectivity index is 1.33. The number of urea groups is 1. The first-order chi connectivity index (χ1) is 13.0. The Morgan fingerprint density at radius 3 is 2.78 bits per heavy atom. The highest BCUT2D eigenvalue weighted by atomic mass is 32.1. The van der Waals surface area contributed by atoms with Gasteiger partial charge in [-0.3, -0.25) is 4.90 Å². The molecule has 4 heterocycles. The quantitative estimate of drug-likeness (QED) is 0.854. The fourth-order valence-electron chi connectivity index (χ4n) is 4.41. The van der Waals surface area contributed by atoms with E-state index in [1.54, 1.807) is 16.2 Å². The number of hydrogen-bond donors (Lipinski definition) is 1. The maximum absolute atomic E-state index is 12.5. The number of ether oxygens (including phenoxy) is 1. The summed E-state index contributed by atoms with van der Waals surface area (Å²) in [5.41, 5.74) is 1.11. The monoisotopic (exact) mass is 392 g/mol. The highest BCUT2D eigenvalue weighted by Gasteiger charge is 2.51. The molecular weight excluding hydrogens is 364 g/mol. The third-order valence-electron chi connectivity index (χ3n) is 5.99. The molecule has 2 atom stereocenters. The lowest BCUT2D eigenvalue weighted by Crippen LogP contribution is -2.51. The zero-order chi connectivity index (χ0) is 19.0. The van der Waals surface area contributed by atoms with Crippen LogP contribution in [0.4, 0.5) is 9.59 Å². The molecule has 3 aliphatic rings. The van der Waals surface area contributed by atoms with Crippen LogP contribution < -0.4 is 5.32 Å². The van der Waals surface area contributed by atoms with Gasteiger partial charge in [0.05, 0.1) is 12.6 Å². The second-order valence-corrected chi connectivity index (χ2v) is 8.73. The molecule has 7 nitrogen and oxygen atoms in total. The van der Waals surface area contributed by atoms with E-state index in [-0.39, 0.29) is 30.3 Å². The lowest BCUT2D eigenvalue weighted by atomic mass is 10.0. The van der Waals surface area contributed by atoms with Crippen molar-refractivity contribution < 1.29 is 14.3 Å². The molecule has 1 aromatic heterocycles. The highest BCUT2D eigenvalue weighted by molar-refractivity contribution is 7.07. The molecule has 1 N–H and O–H groups in total. The summed E-state index contributed by atoms with van der Waals surface area (Å²) >= 11 is 1.62. The molecule has 0 aromatic carbocycles. The average molecular weight is 393 g/mol. The molecule has 0 aliphatic carbocycles.